The number of benzene rings is 1. The number of ketones is 1. The highest BCUT2D eigenvalue weighted by Gasteiger charge is 2.21. The third-order valence-electron chi connectivity index (χ3n) is 3.82. The van der Waals surface area contributed by atoms with Crippen molar-refractivity contribution in [2.24, 2.45) is 0 Å². The van der Waals surface area contributed by atoms with Gasteiger partial charge in [-0.15, -0.1) is 0 Å². The van der Waals surface area contributed by atoms with Crippen LogP contribution in [0.1, 0.15) is 49.9 Å². The number of ether oxygens (including phenoxy) is 2. The molecule has 0 bridgehead atoms. The van der Waals surface area contributed by atoms with Gasteiger partial charge in [-0.3, -0.25) is 4.79 Å². The van der Waals surface area contributed by atoms with Crippen LogP contribution in [-0.2, 0) is 4.74 Å². The van der Waals surface area contributed by atoms with Crippen molar-refractivity contribution in [3.05, 3.63) is 40.2 Å². The second kappa shape index (κ2) is 8.46. The third-order valence-corrected chi connectivity index (χ3v) is 4.17. The zero-order valence-corrected chi connectivity index (χ0v) is 14.3. The number of Topliss-reactive ketones (excluding diaryl/α,β-unsaturated/α-hetero) is 1. The summed E-state index contributed by atoms with van der Waals surface area (Å²) in [7, 11) is 0. The second-order valence-electron chi connectivity index (χ2n) is 5.59. The number of hydrogen-bond donors (Lipinski definition) is 0. The molecule has 0 spiro atoms. The van der Waals surface area contributed by atoms with E-state index in [2.05, 4.69) is 6.92 Å². The van der Waals surface area contributed by atoms with E-state index in [1.165, 1.54) is 12.1 Å². The minimum absolute atomic E-state index is 0.00460. The van der Waals surface area contributed by atoms with E-state index >= 15 is 0 Å². The number of carbonyl (C=O) groups is 1. The third kappa shape index (κ3) is 4.55. The Bertz CT molecular complexity index is 598. The predicted octanol–water partition coefficient (Wildman–Crippen LogP) is 4.97. The van der Waals surface area contributed by atoms with Gasteiger partial charge in [0, 0.05) is 6.42 Å². The van der Waals surface area contributed by atoms with Crippen molar-refractivity contribution >= 4 is 17.4 Å². The van der Waals surface area contributed by atoms with Crippen molar-refractivity contribution in [3.8, 4) is 5.75 Å². The molecule has 1 unspecified atom stereocenters. The molecule has 23 heavy (non-hydrogen) atoms. The molecule has 0 N–H and O–H groups in total. The molecule has 3 nitrogen and oxygen atoms in total. The summed E-state index contributed by atoms with van der Waals surface area (Å²) < 4.78 is 25.2. The zero-order chi connectivity index (χ0) is 16.8. The van der Waals surface area contributed by atoms with Gasteiger partial charge in [-0.05, 0) is 37.5 Å². The van der Waals surface area contributed by atoms with Crippen LogP contribution < -0.4 is 4.74 Å². The standard InChI is InChI=1S/C18H22ClFO3/c1-3-5-13-7-6-12(11-23-13)10-15(21)14-8-9-16(22-4-2)17(19)18(14)20/h6,8-9,13H,3-5,7,10-11H2,1-2H3. The second-order valence-corrected chi connectivity index (χ2v) is 5.97. The summed E-state index contributed by atoms with van der Waals surface area (Å²) in [5.74, 6) is -0.758. The van der Waals surface area contributed by atoms with E-state index in [1.807, 2.05) is 6.08 Å². The molecule has 1 aromatic rings. The largest absolute Gasteiger partial charge is 0.492 e. The normalized spacial score (nSPS) is 17.7. The quantitative estimate of drug-likeness (QED) is 0.519. The molecule has 0 aromatic heterocycles. The molecule has 0 radical (unpaired) electrons. The molecule has 2 rings (SSSR count). The van der Waals surface area contributed by atoms with Gasteiger partial charge in [0.15, 0.2) is 11.6 Å². The van der Waals surface area contributed by atoms with Crippen LogP contribution in [0.5, 0.6) is 5.75 Å². The number of halogens is 2. The van der Waals surface area contributed by atoms with E-state index in [0.29, 0.717) is 13.2 Å². The SMILES string of the molecule is CCCC1CC=C(CC(=O)c2ccc(OCC)c(Cl)c2F)CO1. The lowest BCUT2D eigenvalue weighted by molar-refractivity contribution is 0.0532. The van der Waals surface area contributed by atoms with E-state index in [4.69, 9.17) is 21.1 Å². The fraction of sp³-hybridized carbons (Fsp3) is 0.500. The Labute approximate surface area is 141 Å². The van der Waals surface area contributed by atoms with Crippen LogP contribution >= 0.6 is 11.6 Å². The average Bonchev–Trinajstić information content (AvgIpc) is 2.54. The minimum Gasteiger partial charge on any atom is -0.492 e. The lowest BCUT2D eigenvalue weighted by Gasteiger charge is -2.22. The lowest BCUT2D eigenvalue weighted by atomic mass is 9.99. The summed E-state index contributed by atoms with van der Waals surface area (Å²) in [4.78, 5) is 12.3. The molecule has 126 valence electrons. The molecule has 0 amide bonds. The molecular weight excluding hydrogens is 319 g/mol. The van der Waals surface area contributed by atoms with Gasteiger partial charge < -0.3 is 9.47 Å². The summed E-state index contributed by atoms with van der Waals surface area (Å²) in [5, 5.41) is -0.144. The summed E-state index contributed by atoms with van der Waals surface area (Å²) in [6.45, 7) is 4.72. The molecule has 1 atom stereocenters. The molecular formula is C18H22ClFO3. The first-order chi connectivity index (χ1) is 11.1. The smallest absolute Gasteiger partial charge is 0.169 e. The van der Waals surface area contributed by atoms with Gasteiger partial charge in [-0.1, -0.05) is 31.0 Å². The number of hydrogen-bond acceptors (Lipinski definition) is 3. The Morgan fingerprint density at radius 3 is 2.83 bits per heavy atom. The molecule has 1 aliphatic heterocycles. The molecule has 5 heteroatoms. The number of rotatable bonds is 7. The highest BCUT2D eigenvalue weighted by Crippen LogP contribution is 2.31. The maximum Gasteiger partial charge on any atom is 0.169 e. The van der Waals surface area contributed by atoms with Crippen LogP contribution in [0.3, 0.4) is 0 Å². The summed E-state index contributed by atoms with van der Waals surface area (Å²) in [5.41, 5.74) is 0.891. The van der Waals surface area contributed by atoms with Crippen molar-refractivity contribution in [2.75, 3.05) is 13.2 Å². The molecule has 1 aromatic carbocycles. The van der Waals surface area contributed by atoms with Gasteiger partial charge in [-0.25, -0.2) is 4.39 Å². The summed E-state index contributed by atoms with van der Waals surface area (Å²) in [6, 6.07) is 2.96. The Kier molecular flexibility index (Phi) is 6.60. The van der Waals surface area contributed by atoms with Gasteiger partial charge in [0.05, 0.1) is 24.9 Å². The Morgan fingerprint density at radius 2 is 2.22 bits per heavy atom. The van der Waals surface area contributed by atoms with Gasteiger partial charge >= 0.3 is 0 Å². The van der Waals surface area contributed by atoms with Gasteiger partial charge in [0.2, 0.25) is 0 Å². The monoisotopic (exact) mass is 340 g/mol. The molecule has 0 saturated carbocycles. The highest BCUT2D eigenvalue weighted by molar-refractivity contribution is 6.32. The lowest BCUT2D eigenvalue weighted by Crippen LogP contribution is -2.20. The zero-order valence-electron chi connectivity index (χ0n) is 13.5. The fourth-order valence-corrected chi connectivity index (χ4v) is 2.83. The van der Waals surface area contributed by atoms with E-state index < -0.39 is 5.82 Å². The molecule has 0 fully saturated rings. The fourth-order valence-electron chi connectivity index (χ4n) is 2.61. The van der Waals surface area contributed by atoms with E-state index in [0.717, 1.165) is 24.8 Å². The summed E-state index contributed by atoms with van der Waals surface area (Å²) in [6.07, 6.45) is 5.32. The molecule has 0 aliphatic carbocycles. The van der Waals surface area contributed by atoms with E-state index in [9.17, 15) is 9.18 Å². The van der Waals surface area contributed by atoms with Gasteiger partial charge in [-0.2, -0.15) is 0 Å². The molecule has 1 heterocycles. The predicted molar refractivity (Wildman–Crippen MR) is 88.9 cm³/mol. The van der Waals surface area contributed by atoms with Crippen molar-refractivity contribution < 1.29 is 18.7 Å². The maximum absolute atomic E-state index is 14.3. The van der Waals surface area contributed by atoms with Crippen molar-refractivity contribution in [2.45, 2.75) is 45.6 Å². The van der Waals surface area contributed by atoms with Crippen LogP contribution in [0.4, 0.5) is 4.39 Å². The van der Waals surface area contributed by atoms with E-state index in [-0.39, 0.29) is 34.6 Å². The average molecular weight is 341 g/mol. The van der Waals surface area contributed by atoms with Crippen molar-refractivity contribution in [1.29, 1.82) is 0 Å². The highest BCUT2D eigenvalue weighted by atomic mass is 35.5. The Hall–Kier alpha value is -1.39. The van der Waals surface area contributed by atoms with Crippen LogP contribution in [-0.4, -0.2) is 25.1 Å². The first kappa shape index (κ1) is 18.0. The minimum atomic E-state index is -0.719. The number of carbonyl (C=O) groups excluding carboxylic acids is 1. The first-order valence-corrected chi connectivity index (χ1v) is 8.38. The van der Waals surface area contributed by atoms with Crippen LogP contribution in [0.2, 0.25) is 5.02 Å². The van der Waals surface area contributed by atoms with Gasteiger partial charge in [0.25, 0.3) is 0 Å². The van der Waals surface area contributed by atoms with Crippen molar-refractivity contribution in [1.82, 2.24) is 0 Å². The molecule has 0 saturated heterocycles. The van der Waals surface area contributed by atoms with Crippen LogP contribution in [0.25, 0.3) is 0 Å². The van der Waals surface area contributed by atoms with Crippen LogP contribution in [0, 0.1) is 5.82 Å². The topological polar surface area (TPSA) is 35.5 Å². The van der Waals surface area contributed by atoms with Crippen molar-refractivity contribution in [3.63, 3.8) is 0 Å². The Balaban J connectivity index is 2.05. The summed E-state index contributed by atoms with van der Waals surface area (Å²) >= 11 is 5.93. The van der Waals surface area contributed by atoms with E-state index in [1.54, 1.807) is 6.92 Å². The van der Waals surface area contributed by atoms with Crippen LogP contribution in [0.15, 0.2) is 23.8 Å². The van der Waals surface area contributed by atoms with Gasteiger partial charge in [0.1, 0.15) is 10.8 Å². The maximum atomic E-state index is 14.3. The first-order valence-electron chi connectivity index (χ1n) is 8.00. The molecule has 1 aliphatic rings. The Morgan fingerprint density at radius 1 is 1.43 bits per heavy atom.